The van der Waals surface area contributed by atoms with Gasteiger partial charge in [0.15, 0.2) is 0 Å². The number of anilines is 1. The Morgan fingerprint density at radius 2 is 1.74 bits per heavy atom. The predicted octanol–water partition coefficient (Wildman–Crippen LogP) is 1.56. The zero-order chi connectivity index (χ0) is 22.6. The molecule has 0 aromatic carbocycles. The zero-order valence-corrected chi connectivity index (χ0v) is 18.1. The number of aromatic nitrogens is 5. The molecule has 31 heavy (non-hydrogen) atoms. The van der Waals surface area contributed by atoms with Gasteiger partial charge in [0.05, 0.1) is 0 Å². The molecule has 1 saturated heterocycles. The van der Waals surface area contributed by atoms with Crippen LogP contribution in [0.5, 0.6) is 0 Å². The van der Waals surface area contributed by atoms with Crippen LogP contribution in [0.4, 0.5) is 14.6 Å². The highest BCUT2D eigenvalue weighted by molar-refractivity contribution is 5.41. The van der Waals surface area contributed by atoms with Crippen LogP contribution in [0.3, 0.4) is 0 Å². The number of hydrogen-bond acceptors (Lipinski definition) is 7. The number of aromatic amines is 1. The third-order valence-electron chi connectivity index (χ3n) is 5.20. The first-order chi connectivity index (χ1) is 14.6. The van der Waals surface area contributed by atoms with Gasteiger partial charge in [0.25, 0.3) is 12.0 Å². The van der Waals surface area contributed by atoms with Crippen molar-refractivity contribution < 1.29 is 8.78 Å². The zero-order valence-electron chi connectivity index (χ0n) is 18.1. The van der Waals surface area contributed by atoms with Gasteiger partial charge in [-0.05, 0) is 19.4 Å². The molecule has 1 aliphatic rings. The normalized spacial score (nSPS) is 15.6. The van der Waals surface area contributed by atoms with Crippen molar-refractivity contribution in [2.45, 2.75) is 52.0 Å². The van der Waals surface area contributed by atoms with Gasteiger partial charge in [-0.15, -0.1) is 0 Å². The van der Waals surface area contributed by atoms with E-state index in [1.807, 2.05) is 25.7 Å². The van der Waals surface area contributed by atoms with Gasteiger partial charge in [-0.1, -0.05) is 20.8 Å². The van der Waals surface area contributed by atoms with Crippen LogP contribution in [0.1, 0.15) is 51.6 Å². The van der Waals surface area contributed by atoms with Crippen LogP contribution in [0.2, 0.25) is 0 Å². The van der Waals surface area contributed by atoms with Gasteiger partial charge in [0.2, 0.25) is 0 Å². The van der Waals surface area contributed by atoms with Crippen molar-refractivity contribution in [3.8, 4) is 0 Å². The second-order valence-electron chi connectivity index (χ2n) is 8.72. The number of halogens is 2. The summed E-state index contributed by atoms with van der Waals surface area (Å²) in [6.07, 6.45) is 0.106. The molecule has 0 unspecified atom stereocenters. The van der Waals surface area contributed by atoms with Crippen LogP contribution in [-0.2, 0) is 12.0 Å². The van der Waals surface area contributed by atoms with E-state index in [9.17, 15) is 18.4 Å². The van der Waals surface area contributed by atoms with Crippen LogP contribution in [0.25, 0.3) is 0 Å². The minimum Gasteiger partial charge on any atom is -0.354 e. The van der Waals surface area contributed by atoms with Gasteiger partial charge in [-0.2, -0.15) is 5.10 Å². The average Bonchev–Trinajstić information content (AvgIpc) is 2.72. The number of nitrogens with zero attached hydrogens (tertiary/aromatic N) is 6. The molecule has 9 nitrogen and oxygen atoms in total. The summed E-state index contributed by atoms with van der Waals surface area (Å²) in [5, 5.41) is 3.82. The summed E-state index contributed by atoms with van der Waals surface area (Å²) in [5.74, 6) is 0.979. The van der Waals surface area contributed by atoms with Gasteiger partial charge in [0.1, 0.15) is 23.5 Å². The number of nitrogens with one attached hydrogen (secondary N) is 1. The molecule has 0 amide bonds. The average molecular weight is 437 g/mol. The van der Waals surface area contributed by atoms with E-state index in [2.05, 4.69) is 25.0 Å². The maximum Gasteiger partial charge on any atom is 0.344 e. The van der Waals surface area contributed by atoms with Gasteiger partial charge in [-0.3, -0.25) is 14.7 Å². The second kappa shape index (κ2) is 9.63. The number of piperazine rings is 1. The maximum atomic E-state index is 13.3. The van der Waals surface area contributed by atoms with Crippen molar-refractivity contribution in [1.29, 1.82) is 0 Å². The van der Waals surface area contributed by atoms with Crippen molar-refractivity contribution >= 4 is 5.82 Å². The Morgan fingerprint density at radius 1 is 1.06 bits per heavy atom. The van der Waals surface area contributed by atoms with E-state index in [4.69, 9.17) is 0 Å². The van der Waals surface area contributed by atoms with Crippen LogP contribution >= 0.6 is 0 Å². The molecule has 3 heterocycles. The second-order valence-corrected chi connectivity index (χ2v) is 8.72. The molecule has 2 aromatic heterocycles. The van der Waals surface area contributed by atoms with Crippen molar-refractivity contribution in [2.24, 2.45) is 0 Å². The van der Waals surface area contributed by atoms with E-state index in [0.717, 1.165) is 38.7 Å². The maximum absolute atomic E-state index is 13.3. The van der Waals surface area contributed by atoms with E-state index >= 15 is 0 Å². The highest BCUT2D eigenvalue weighted by Crippen LogP contribution is 2.27. The summed E-state index contributed by atoms with van der Waals surface area (Å²) in [6.45, 7) is 10.1. The number of H-pyrrole nitrogens is 1. The fourth-order valence-corrected chi connectivity index (χ4v) is 3.40. The molecule has 0 spiro atoms. The summed E-state index contributed by atoms with van der Waals surface area (Å²) >= 11 is 0. The van der Waals surface area contributed by atoms with Crippen LogP contribution < -0.4 is 16.1 Å². The Balaban J connectivity index is 1.52. The molecule has 0 bridgehead atoms. The monoisotopic (exact) mass is 437 g/mol. The molecule has 1 N–H and O–H groups in total. The van der Waals surface area contributed by atoms with Crippen molar-refractivity contribution in [3.05, 3.63) is 44.6 Å². The summed E-state index contributed by atoms with van der Waals surface area (Å²) in [5.41, 5.74) is -1.64. The largest absolute Gasteiger partial charge is 0.354 e. The number of unbranched alkanes of at least 4 members (excludes halogenated alkanes) is 1. The Hall–Kier alpha value is -2.69. The minimum atomic E-state index is -2.63. The lowest BCUT2D eigenvalue weighted by molar-refractivity contribution is 0.145. The first-order valence-electron chi connectivity index (χ1n) is 10.4. The van der Waals surface area contributed by atoms with Crippen LogP contribution in [0, 0.1) is 0 Å². The number of aryl methyl sites for hydroxylation is 1. The van der Waals surface area contributed by atoms with E-state index in [1.165, 1.54) is 10.7 Å². The molecular formula is C20H29F2N7O2. The fourth-order valence-electron chi connectivity index (χ4n) is 3.40. The SMILES string of the molecule is CC(C)(C)c1nc(C(F)F)cc(N2CCN(CCCCn3ncc(=O)[nH]c3=O)CC2)n1. The third-order valence-corrected chi connectivity index (χ3v) is 5.20. The van der Waals surface area contributed by atoms with E-state index in [1.54, 1.807) is 0 Å². The van der Waals surface area contributed by atoms with Gasteiger partial charge in [0, 0.05) is 44.2 Å². The molecule has 3 rings (SSSR count). The molecule has 170 valence electrons. The Bertz CT molecular complexity index is 992. The van der Waals surface area contributed by atoms with E-state index < -0.39 is 23.1 Å². The lowest BCUT2D eigenvalue weighted by Crippen LogP contribution is -2.47. The van der Waals surface area contributed by atoms with Crippen molar-refractivity contribution in [2.75, 3.05) is 37.6 Å². The molecule has 11 heteroatoms. The first kappa shape index (κ1) is 23.0. The fraction of sp³-hybridized carbons (Fsp3) is 0.650. The van der Waals surface area contributed by atoms with Crippen LogP contribution in [0.15, 0.2) is 21.9 Å². The molecule has 2 aromatic rings. The topological polar surface area (TPSA) is 100 Å². The molecule has 1 fully saturated rings. The summed E-state index contributed by atoms with van der Waals surface area (Å²) in [4.78, 5) is 37.8. The van der Waals surface area contributed by atoms with Gasteiger partial charge < -0.3 is 4.90 Å². The number of alkyl halides is 2. The molecule has 0 saturated carbocycles. The van der Waals surface area contributed by atoms with Gasteiger partial charge >= 0.3 is 5.69 Å². The minimum absolute atomic E-state index is 0.233. The Labute approximate surface area is 179 Å². The smallest absolute Gasteiger partial charge is 0.344 e. The van der Waals surface area contributed by atoms with E-state index in [-0.39, 0.29) is 5.69 Å². The first-order valence-corrected chi connectivity index (χ1v) is 10.4. The molecule has 0 atom stereocenters. The lowest BCUT2D eigenvalue weighted by atomic mass is 9.95. The van der Waals surface area contributed by atoms with Crippen LogP contribution in [-0.4, -0.2) is 62.4 Å². The molecule has 0 aliphatic carbocycles. The molecular weight excluding hydrogens is 408 g/mol. The third kappa shape index (κ3) is 6.16. The van der Waals surface area contributed by atoms with Crippen molar-refractivity contribution in [3.63, 3.8) is 0 Å². The van der Waals surface area contributed by atoms with E-state index in [0.29, 0.717) is 31.3 Å². The predicted molar refractivity (Wildman–Crippen MR) is 113 cm³/mol. The molecule has 0 radical (unpaired) electrons. The Kier molecular flexibility index (Phi) is 7.14. The van der Waals surface area contributed by atoms with Crippen molar-refractivity contribution in [1.82, 2.24) is 29.6 Å². The number of rotatable bonds is 7. The highest BCUT2D eigenvalue weighted by Gasteiger charge is 2.25. The number of hydrogen-bond donors (Lipinski definition) is 1. The lowest BCUT2D eigenvalue weighted by Gasteiger charge is -2.36. The quantitative estimate of drug-likeness (QED) is 0.656. The highest BCUT2D eigenvalue weighted by atomic mass is 19.3. The summed E-state index contributed by atoms with van der Waals surface area (Å²) < 4.78 is 27.9. The standard InChI is InChI=1S/C20H29F2N7O2/c1-20(2,3)18-24-14(17(21)22)12-15(25-18)28-10-8-27(9-11-28)6-4-5-7-29-19(31)26-16(30)13-23-29/h12-13,17H,4-11H2,1-3H3,(H,26,30,31). The Morgan fingerprint density at radius 3 is 2.35 bits per heavy atom. The van der Waals surface area contributed by atoms with Gasteiger partial charge in [-0.25, -0.2) is 28.2 Å². The summed E-state index contributed by atoms with van der Waals surface area (Å²) in [7, 11) is 0. The molecule has 1 aliphatic heterocycles. The summed E-state index contributed by atoms with van der Waals surface area (Å²) in [6, 6.07) is 1.39.